The molecule has 1 aliphatic rings. The van der Waals surface area contributed by atoms with Crippen molar-refractivity contribution < 1.29 is 9.18 Å². The molecule has 0 unspecified atom stereocenters. The van der Waals surface area contributed by atoms with Gasteiger partial charge in [-0.1, -0.05) is 26.2 Å². The minimum Gasteiger partial charge on any atom is -0.354 e. The van der Waals surface area contributed by atoms with Crippen molar-refractivity contribution in [2.24, 2.45) is 0 Å². The van der Waals surface area contributed by atoms with Crippen molar-refractivity contribution in [1.29, 1.82) is 0 Å². The molecule has 2 aromatic heterocycles. The smallest absolute Gasteiger partial charge is 0.241 e. The van der Waals surface area contributed by atoms with E-state index in [9.17, 15) is 9.18 Å². The van der Waals surface area contributed by atoms with E-state index in [0.29, 0.717) is 30.6 Å². The van der Waals surface area contributed by atoms with Gasteiger partial charge in [-0.25, -0.2) is 13.9 Å². The van der Waals surface area contributed by atoms with Crippen LogP contribution in [0.25, 0.3) is 5.52 Å². The van der Waals surface area contributed by atoms with Crippen molar-refractivity contribution >= 4 is 28.6 Å². The summed E-state index contributed by atoms with van der Waals surface area (Å²) >= 11 is 0. The monoisotopic (exact) mass is 437 g/mol. The van der Waals surface area contributed by atoms with Crippen LogP contribution in [-0.2, 0) is 4.79 Å². The molecule has 6 nitrogen and oxygen atoms in total. The van der Waals surface area contributed by atoms with Crippen LogP contribution >= 0.6 is 0 Å². The zero-order valence-corrected chi connectivity index (χ0v) is 18.9. The average Bonchev–Trinajstić information content (AvgIpc) is 3.13. The molecule has 1 saturated carbocycles. The van der Waals surface area contributed by atoms with Crippen molar-refractivity contribution in [3.8, 4) is 0 Å². The second-order valence-electron chi connectivity index (χ2n) is 8.85. The Morgan fingerprint density at radius 3 is 2.66 bits per heavy atom. The van der Waals surface area contributed by atoms with Crippen molar-refractivity contribution in [3.63, 3.8) is 0 Å². The minimum atomic E-state index is -0.267. The fraction of sp³-hybridized carbons (Fsp3) is 0.480. The molecule has 1 aliphatic carbocycles. The van der Waals surface area contributed by atoms with Crippen molar-refractivity contribution in [2.75, 3.05) is 10.6 Å². The summed E-state index contributed by atoms with van der Waals surface area (Å²) < 4.78 is 15.3. The third-order valence-corrected chi connectivity index (χ3v) is 6.25. The quantitative estimate of drug-likeness (QED) is 0.389. The van der Waals surface area contributed by atoms with E-state index >= 15 is 0 Å². The molecular formula is C25H32FN5O. The number of anilines is 3. The largest absolute Gasteiger partial charge is 0.354 e. The van der Waals surface area contributed by atoms with Crippen LogP contribution in [0.5, 0.6) is 0 Å². The van der Waals surface area contributed by atoms with Crippen LogP contribution in [0.4, 0.5) is 21.7 Å². The van der Waals surface area contributed by atoms with Crippen molar-refractivity contribution in [3.05, 3.63) is 48.0 Å². The Kier molecular flexibility index (Phi) is 7.02. The van der Waals surface area contributed by atoms with Crippen LogP contribution in [0.3, 0.4) is 0 Å². The normalized spacial score (nSPS) is 15.8. The number of rotatable bonds is 9. The number of aromatic nitrogens is 3. The second-order valence-corrected chi connectivity index (χ2v) is 8.85. The van der Waals surface area contributed by atoms with E-state index < -0.39 is 0 Å². The molecule has 170 valence electrons. The molecule has 32 heavy (non-hydrogen) atoms. The number of fused-ring (bicyclic) bond motifs is 1. The molecule has 1 fully saturated rings. The first-order valence-electron chi connectivity index (χ1n) is 11.7. The Morgan fingerprint density at radius 2 is 1.94 bits per heavy atom. The first kappa shape index (κ1) is 22.2. The van der Waals surface area contributed by atoms with E-state index in [1.54, 1.807) is 12.1 Å². The highest BCUT2D eigenvalue weighted by atomic mass is 19.1. The molecule has 4 rings (SSSR count). The van der Waals surface area contributed by atoms with Gasteiger partial charge in [0, 0.05) is 36.2 Å². The van der Waals surface area contributed by atoms with Gasteiger partial charge in [0.25, 0.3) is 0 Å². The number of ketones is 1. The highest BCUT2D eigenvalue weighted by Crippen LogP contribution is 2.36. The maximum absolute atomic E-state index is 13.3. The van der Waals surface area contributed by atoms with Crippen molar-refractivity contribution in [2.45, 2.75) is 77.2 Å². The number of benzene rings is 1. The fourth-order valence-corrected chi connectivity index (χ4v) is 4.39. The van der Waals surface area contributed by atoms with E-state index in [-0.39, 0.29) is 11.7 Å². The molecule has 0 spiro atoms. The fourth-order valence-electron chi connectivity index (χ4n) is 4.39. The van der Waals surface area contributed by atoms with Gasteiger partial charge in [-0.05, 0) is 56.5 Å². The van der Waals surface area contributed by atoms with E-state index in [2.05, 4.69) is 35.5 Å². The molecule has 3 aromatic rings. The molecule has 0 bridgehead atoms. The third-order valence-electron chi connectivity index (χ3n) is 6.25. The number of carbonyl (C=O) groups excluding carboxylic acids is 1. The summed E-state index contributed by atoms with van der Waals surface area (Å²) in [6.07, 6.45) is 9.42. The highest BCUT2D eigenvalue weighted by molar-refractivity contribution is 5.80. The van der Waals surface area contributed by atoms with Crippen LogP contribution in [0, 0.1) is 5.82 Å². The molecule has 1 aromatic carbocycles. The topological polar surface area (TPSA) is 71.3 Å². The van der Waals surface area contributed by atoms with Gasteiger partial charge in [-0.3, -0.25) is 4.79 Å². The molecular weight excluding hydrogens is 405 g/mol. The Bertz CT molecular complexity index is 1050. The number of hydrogen-bond acceptors (Lipinski definition) is 5. The van der Waals surface area contributed by atoms with Crippen molar-refractivity contribution in [1.82, 2.24) is 14.6 Å². The molecule has 0 radical (unpaired) electrons. The summed E-state index contributed by atoms with van der Waals surface area (Å²) in [5.74, 6) is 0.953. The Labute approximate surface area is 188 Å². The summed E-state index contributed by atoms with van der Waals surface area (Å²) in [6, 6.07) is 8.70. The van der Waals surface area contributed by atoms with Crippen LogP contribution in [0.1, 0.15) is 76.8 Å². The van der Waals surface area contributed by atoms with E-state index in [1.807, 2.05) is 10.7 Å². The molecule has 2 heterocycles. The lowest BCUT2D eigenvalue weighted by atomic mass is 9.86. The lowest BCUT2D eigenvalue weighted by molar-refractivity contribution is -0.120. The third kappa shape index (κ3) is 5.26. The highest BCUT2D eigenvalue weighted by Gasteiger charge is 2.25. The summed E-state index contributed by atoms with van der Waals surface area (Å²) in [7, 11) is 0. The molecule has 7 heteroatoms. The summed E-state index contributed by atoms with van der Waals surface area (Å²) in [6.45, 7) is 4.37. The van der Waals surface area contributed by atoms with Gasteiger partial charge in [0.05, 0.1) is 11.9 Å². The summed E-state index contributed by atoms with van der Waals surface area (Å²) in [5, 5.41) is 11.6. The molecule has 0 saturated heterocycles. The number of nitrogens with one attached hydrogen (secondary N) is 2. The van der Waals surface area contributed by atoms with E-state index in [0.717, 1.165) is 41.8 Å². The van der Waals surface area contributed by atoms with Gasteiger partial charge in [0.15, 0.2) is 0 Å². The SMILES string of the molecule is CCCCC[C@H](C)Nc1ncc2c(Nc3ccc(F)cc3)cc(C3CCC(=O)CC3)n2n1. The lowest BCUT2D eigenvalue weighted by Crippen LogP contribution is -2.19. The predicted molar refractivity (Wildman–Crippen MR) is 126 cm³/mol. The summed E-state index contributed by atoms with van der Waals surface area (Å²) in [4.78, 5) is 16.3. The van der Waals surface area contributed by atoms with Gasteiger partial charge < -0.3 is 10.6 Å². The molecule has 0 aliphatic heterocycles. The minimum absolute atomic E-state index is 0.267. The number of nitrogens with zero attached hydrogens (tertiary/aromatic N) is 3. The van der Waals surface area contributed by atoms with E-state index in [4.69, 9.17) is 5.10 Å². The second kappa shape index (κ2) is 10.1. The first-order valence-corrected chi connectivity index (χ1v) is 11.7. The maximum Gasteiger partial charge on any atom is 0.241 e. The van der Waals surface area contributed by atoms with Gasteiger partial charge in [0.2, 0.25) is 5.95 Å². The van der Waals surface area contributed by atoms with Crippen LogP contribution < -0.4 is 10.6 Å². The number of unbranched alkanes of at least 4 members (excludes halogenated alkanes) is 2. The Morgan fingerprint density at radius 1 is 1.19 bits per heavy atom. The van der Waals surface area contributed by atoms with Crippen LogP contribution in [0.2, 0.25) is 0 Å². The lowest BCUT2D eigenvalue weighted by Gasteiger charge is -2.20. The molecule has 0 amide bonds. The predicted octanol–water partition coefficient (Wildman–Crippen LogP) is 6.22. The zero-order valence-electron chi connectivity index (χ0n) is 18.9. The van der Waals surface area contributed by atoms with Crippen LogP contribution in [-0.4, -0.2) is 26.4 Å². The molecule has 1 atom stereocenters. The van der Waals surface area contributed by atoms with Crippen LogP contribution in [0.15, 0.2) is 36.5 Å². The zero-order chi connectivity index (χ0) is 22.5. The van der Waals surface area contributed by atoms with Gasteiger partial charge >= 0.3 is 0 Å². The number of halogens is 1. The summed E-state index contributed by atoms with van der Waals surface area (Å²) in [5.41, 5.74) is 3.63. The number of carbonyl (C=O) groups is 1. The number of Topliss-reactive ketones (excluding diaryl/α,β-unsaturated/α-hetero) is 1. The first-order chi connectivity index (χ1) is 15.5. The maximum atomic E-state index is 13.3. The van der Waals surface area contributed by atoms with Gasteiger partial charge in [-0.15, -0.1) is 5.10 Å². The Balaban J connectivity index is 1.63. The van der Waals surface area contributed by atoms with Gasteiger partial charge in [0.1, 0.15) is 17.1 Å². The Hall–Kier alpha value is -2.96. The number of hydrogen-bond donors (Lipinski definition) is 2. The average molecular weight is 438 g/mol. The molecule has 2 N–H and O–H groups in total. The standard InChI is InChI=1S/C25H32FN5O/c1-3-4-5-6-17(2)28-25-27-16-24-22(29-20-11-9-19(26)10-12-20)15-23(31(24)30-25)18-7-13-21(32)14-8-18/h9-12,15-18,29H,3-8,13-14H2,1-2H3,(H,28,30)/t17-/m0/s1. The van der Waals surface area contributed by atoms with E-state index in [1.165, 1.54) is 31.4 Å². The van der Waals surface area contributed by atoms with Gasteiger partial charge in [-0.2, -0.15) is 0 Å².